The summed E-state index contributed by atoms with van der Waals surface area (Å²) < 4.78 is 5.61. The quantitative estimate of drug-likeness (QED) is 0.683. The molecule has 6 heteroatoms. The molecule has 0 amide bonds. The number of fused-ring (bicyclic) bond motifs is 1. The zero-order chi connectivity index (χ0) is 15.0. The van der Waals surface area contributed by atoms with Gasteiger partial charge in [-0.1, -0.05) is 19.9 Å². The number of benzene rings is 1. The number of rotatable bonds is 3. The molecule has 1 aromatic carbocycles. The number of nitro groups is 1. The minimum absolute atomic E-state index is 0.0188. The molecule has 0 bridgehead atoms. The number of non-ortho nitro benzene ring substituents is 1. The molecule has 21 heavy (non-hydrogen) atoms. The van der Waals surface area contributed by atoms with E-state index in [1.54, 1.807) is 12.1 Å². The van der Waals surface area contributed by atoms with Crippen molar-refractivity contribution in [2.75, 3.05) is 5.32 Å². The van der Waals surface area contributed by atoms with Crippen LogP contribution in [0.5, 0.6) is 0 Å². The largest absolute Gasteiger partial charge is 0.423 e. The molecule has 2 atom stereocenters. The summed E-state index contributed by atoms with van der Waals surface area (Å²) in [4.78, 5) is 14.8. The second kappa shape index (κ2) is 5.35. The average Bonchev–Trinajstić information content (AvgIpc) is 2.78. The number of hydrogen-bond acceptors (Lipinski definition) is 5. The van der Waals surface area contributed by atoms with Gasteiger partial charge in [-0.2, -0.15) is 4.98 Å². The van der Waals surface area contributed by atoms with Crippen molar-refractivity contribution in [3.05, 3.63) is 28.3 Å². The van der Waals surface area contributed by atoms with Crippen LogP contribution in [0.4, 0.5) is 11.7 Å². The maximum Gasteiger partial charge on any atom is 0.298 e. The lowest BCUT2D eigenvalue weighted by Crippen LogP contribution is -2.30. The van der Waals surface area contributed by atoms with Crippen LogP contribution >= 0.6 is 0 Å². The third kappa shape index (κ3) is 2.84. The number of hydrogen-bond donors (Lipinski definition) is 1. The number of nitrogens with one attached hydrogen (secondary N) is 1. The molecule has 2 aromatic rings. The van der Waals surface area contributed by atoms with Crippen molar-refractivity contribution in [2.45, 2.75) is 39.2 Å². The van der Waals surface area contributed by atoms with Gasteiger partial charge in [0.05, 0.1) is 4.92 Å². The molecule has 1 aliphatic carbocycles. The highest BCUT2D eigenvalue weighted by Crippen LogP contribution is 2.32. The van der Waals surface area contributed by atoms with Crippen molar-refractivity contribution in [3.63, 3.8) is 0 Å². The monoisotopic (exact) mass is 289 g/mol. The molecule has 3 rings (SSSR count). The summed E-state index contributed by atoms with van der Waals surface area (Å²) in [5, 5.41) is 14.3. The maximum absolute atomic E-state index is 11.0. The van der Waals surface area contributed by atoms with Crippen LogP contribution < -0.4 is 5.32 Å². The number of nitrogens with zero attached hydrogens (tertiary/aromatic N) is 2. The molecule has 1 N–H and O–H groups in total. The van der Waals surface area contributed by atoms with E-state index in [-0.39, 0.29) is 5.69 Å². The Bertz CT molecular complexity index is 657. The minimum atomic E-state index is -0.431. The molecule has 0 spiro atoms. The number of oxazole rings is 1. The number of aromatic nitrogens is 1. The molecule has 1 heterocycles. The number of nitro benzene ring substituents is 1. The summed E-state index contributed by atoms with van der Waals surface area (Å²) in [6, 6.07) is 5.45. The SMILES string of the molecule is CC1CC(C)CC(Nc2nc3c([N+](=O)[O-])cccc3o2)C1. The fourth-order valence-electron chi connectivity index (χ4n) is 3.38. The van der Waals surface area contributed by atoms with E-state index >= 15 is 0 Å². The summed E-state index contributed by atoms with van der Waals surface area (Å²) in [7, 11) is 0. The smallest absolute Gasteiger partial charge is 0.298 e. The van der Waals surface area contributed by atoms with E-state index in [2.05, 4.69) is 24.1 Å². The molecule has 0 aliphatic heterocycles. The number of para-hydroxylation sites is 1. The fraction of sp³-hybridized carbons (Fsp3) is 0.533. The Labute approximate surface area is 122 Å². The topological polar surface area (TPSA) is 81.2 Å². The van der Waals surface area contributed by atoms with E-state index < -0.39 is 4.92 Å². The lowest BCUT2D eigenvalue weighted by molar-refractivity contribution is -0.383. The van der Waals surface area contributed by atoms with Gasteiger partial charge in [-0.15, -0.1) is 0 Å². The van der Waals surface area contributed by atoms with Crippen molar-refractivity contribution in [1.82, 2.24) is 4.98 Å². The van der Waals surface area contributed by atoms with Crippen molar-refractivity contribution in [1.29, 1.82) is 0 Å². The standard InChI is InChI=1S/C15H19N3O3/c1-9-6-10(2)8-11(7-9)16-15-17-14-12(18(19)20)4-3-5-13(14)21-15/h3-5,9-11H,6-8H2,1-2H3,(H,16,17). The van der Waals surface area contributed by atoms with E-state index in [1.165, 1.54) is 12.5 Å². The number of anilines is 1. The molecule has 112 valence electrons. The molecule has 1 fully saturated rings. The van der Waals surface area contributed by atoms with Gasteiger partial charge in [0.15, 0.2) is 11.1 Å². The Balaban J connectivity index is 1.85. The molecule has 2 unspecified atom stereocenters. The maximum atomic E-state index is 11.0. The van der Waals surface area contributed by atoms with Crippen LogP contribution in [0.25, 0.3) is 11.1 Å². The molecule has 0 saturated heterocycles. The normalized spacial score (nSPS) is 25.9. The van der Waals surface area contributed by atoms with Crippen LogP contribution in [0.2, 0.25) is 0 Å². The molecular formula is C15H19N3O3. The van der Waals surface area contributed by atoms with Crippen LogP contribution in [0.15, 0.2) is 22.6 Å². The van der Waals surface area contributed by atoms with Crippen molar-refractivity contribution < 1.29 is 9.34 Å². The van der Waals surface area contributed by atoms with Crippen LogP contribution in [-0.4, -0.2) is 15.9 Å². The Morgan fingerprint density at radius 3 is 2.67 bits per heavy atom. The van der Waals surface area contributed by atoms with Gasteiger partial charge in [-0.3, -0.25) is 10.1 Å². The average molecular weight is 289 g/mol. The molecule has 1 saturated carbocycles. The van der Waals surface area contributed by atoms with E-state index in [0.29, 0.717) is 35.0 Å². The van der Waals surface area contributed by atoms with Gasteiger partial charge in [0.25, 0.3) is 11.7 Å². The summed E-state index contributed by atoms with van der Waals surface area (Å²) in [5.74, 6) is 1.34. The van der Waals surface area contributed by atoms with E-state index in [0.717, 1.165) is 12.8 Å². The Morgan fingerprint density at radius 1 is 1.29 bits per heavy atom. The zero-order valence-corrected chi connectivity index (χ0v) is 12.2. The first-order valence-electron chi connectivity index (χ1n) is 7.33. The van der Waals surface area contributed by atoms with Crippen molar-refractivity contribution in [3.8, 4) is 0 Å². The van der Waals surface area contributed by atoms with Crippen LogP contribution in [0.1, 0.15) is 33.1 Å². The van der Waals surface area contributed by atoms with Gasteiger partial charge < -0.3 is 9.73 Å². The first kappa shape index (κ1) is 13.9. The Morgan fingerprint density at radius 2 is 2.00 bits per heavy atom. The van der Waals surface area contributed by atoms with Crippen molar-refractivity contribution in [2.24, 2.45) is 11.8 Å². The molecule has 1 aromatic heterocycles. The first-order valence-corrected chi connectivity index (χ1v) is 7.33. The first-order chi connectivity index (χ1) is 10.0. The van der Waals surface area contributed by atoms with Gasteiger partial charge in [0.1, 0.15) is 0 Å². The van der Waals surface area contributed by atoms with Gasteiger partial charge in [-0.05, 0) is 37.2 Å². The van der Waals surface area contributed by atoms with Gasteiger partial charge in [0, 0.05) is 12.1 Å². The predicted molar refractivity (Wildman–Crippen MR) is 80.3 cm³/mol. The molecule has 6 nitrogen and oxygen atoms in total. The van der Waals surface area contributed by atoms with Crippen LogP contribution in [-0.2, 0) is 0 Å². The summed E-state index contributed by atoms with van der Waals surface area (Å²) in [6.07, 6.45) is 3.40. The second-order valence-electron chi connectivity index (χ2n) is 6.16. The van der Waals surface area contributed by atoms with Crippen LogP contribution in [0, 0.1) is 22.0 Å². The highest BCUT2D eigenvalue weighted by atomic mass is 16.6. The zero-order valence-electron chi connectivity index (χ0n) is 12.2. The lowest BCUT2D eigenvalue weighted by Gasteiger charge is -2.31. The van der Waals surface area contributed by atoms with Gasteiger partial charge in [-0.25, -0.2) is 0 Å². The summed E-state index contributed by atoms with van der Waals surface area (Å²) >= 11 is 0. The second-order valence-corrected chi connectivity index (χ2v) is 6.16. The predicted octanol–water partition coefficient (Wildman–Crippen LogP) is 3.97. The van der Waals surface area contributed by atoms with Gasteiger partial charge >= 0.3 is 0 Å². The molecule has 1 aliphatic rings. The Kier molecular flexibility index (Phi) is 3.53. The lowest BCUT2D eigenvalue weighted by atomic mass is 9.80. The summed E-state index contributed by atoms with van der Waals surface area (Å²) in [6.45, 7) is 4.50. The van der Waals surface area contributed by atoms with Crippen molar-refractivity contribution >= 4 is 22.8 Å². The third-order valence-corrected chi connectivity index (χ3v) is 4.10. The third-order valence-electron chi connectivity index (χ3n) is 4.10. The molecular weight excluding hydrogens is 270 g/mol. The minimum Gasteiger partial charge on any atom is -0.423 e. The van der Waals surface area contributed by atoms with E-state index in [1.807, 2.05) is 0 Å². The van der Waals surface area contributed by atoms with Crippen LogP contribution in [0.3, 0.4) is 0 Å². The van der Waals surface area contributed by atoms with E-state index in [9.17, 15) is 10.1 Å². The summed E-state index contributed by atoms with van der Waals surface area (Å²) in [5.41, 5.74) is 0.736. The highest BCUT2D eigenvalue weighted by molar-refractivity contribution is 5.84. The van der Waals surface area contributed by atoms with E-state index in [4.69, 9.17) is 4.42 Å². The Hall–Kier alpha value is -2.11. The molecule has 0 radical (unpaired) electrons. The fourth-order valence-corrected chi connectivity index (χ4v) is 3.38. The highest BCUT2D eigenvalue weighted by Gasteiger charge is 2.25. The van der Waals surface area contributed by atoms with Gasteiger partial charge in [0.2, 0.25) is 0 Å².